The van der Waals surface area contributed by atoms with Gasteiger partial charge < -0.3 is 20.5 Å². The normalized spacial score (nSPS) is 11.6. The maximum atomic E-state index is 15.1. The van der Waals surface area contributed by atoms with Gasteiger partial charge in [-0.3, -0.25) is 9.78 Å². The first-order valence-electron chi connectivity index (χ1n) is 11.3. The third-order valence-electron chi connectivity index (χ3n) is 5.80. The van der Waals surface area contributed by atoms with Crippen molar-refractivity contribution in [3.8, 4) is 16.9 Å². The molecule has 4 rings (SSSR count). The summed E-state index contributed by atoms with van der Waals surface area (Å²) in [6.45, 7) is 0. The molecule has 0 spiro atoms. The van der Waals surface area contributed by atoms with E-state index in [0.717, 1.165) is 12.1 Å². The van der Waals surface area contributed by atoms with Crippen LogP contribution in [0.5, 0.6) is 5.75 Å². The van der Waals surface area contributed by atoms with Crippen LogP contribution in [-0.4, -0.2) is 35.2 Å². The summed E-state index contributed by atoms with van der Waals surface area (Å²) >= 11 is 0. The number of methoxy groups -OCH3 is 1. The van der Waals surface area contributed by atoms with Crippen molar-refractivity contribution >= 4 is 17.7 Å². The summed E-state index contributed by atoms with van der Waals surface area (Å²) in [5.41, 5.74) is 1.00. The number of carbonyl (C=O) groups excluding carboxylic acids is 1. The molecule has 0 saturated heterocycles. The van der Waals surface area contributed by atoms with Crippen molar-refractivity contribution in [2.24, 2.45) is 0 Å². The topological polar surface area (TPSA) is 101 Å². The van der Waals surface area contributed by atoms with E-state index in [-0.39, 0.29) is 22.6 Å². The predicted octanol–water partition coefficient (Wildman–Crippen LogP) is 5.44. The number of pyridine rings is 1. The number of ether oxygens (including phenoxy) is 1. The van der Waals surface area contributed by atoms with Crippen LogP contribution in [-0.2, 0) is 4.79 Å². The molecule has 37 heavy (non-hydrogen) atoms. The second-order valence-corrected chi connectivity index (χ2v) is 8.11. The van der Waals surface area contributed by atoms with Crippen LogP contribution in [0.3, 0.4) is 0 Å². The van der Waals surface area contributed by atoms with Crippen molar-refractivity contribution in [3.63, 3.8) is 0 Å². The number of aromatic nitrogens is 1. The number of rotatable bonds is 8. The van der Waals surface area contributed by atoms with E-state index in [0.29, 0.717) is 11.1 Å². The first-order valence-corrected chi connectivity index (χ1v) is 11.3. The molecular formula is C28H23F2N3O4. The highest BCUT2D eigenvalue weighted by molar-refractivity contribution is 5.98. The number of carboxylic acid groups (broad SMARTS) is 1. The van der Waals surface area contributed by atoms with Gasteiger partial charge in [0.2, 0.25) is 5.91 Å². The molecule has 4 aromatic rings. The van der Waals surface area contributed by atoms with Crippen molar-refractivity contribution in [3.05, 3.63) is 114 Å². The van der Waals surface area contributed by atoms with Crippen LogP contribution < -0.4 is 15.4 Å². The molecule has 0 aliphatic heterocycles. The zero-order valence-corrected chi connectivity index (χ0v) is 19.7. The third kappa shape index (κ3) is 5.72. The molecule has 3 N–H and O–H groups in total. The largest absolute Gasteiger partial charge is 0.494 e. The third-order valence-corrected chi connectivity index (χ3v) is 5.80. The predicted molar refractivity (Wildman–Crippen MR) is 134 cm³/mol. The van der Waals surface area contributed by atoms with Crippen molar-refractivity contribution in [2.75, 3.05) is 12.4 Å². The van der Waals surface area contributed by atoms with Gasteiger partial charge in [-0.1, -0.05) is 60.7 Å². The number of halogens is 2. The van der Waals surface area contributed by atoms with Gasteiger partial charge in [0, 0.05) is 23.4 Å². The molecule has 7 nitrogen and oxygen atoms in total. The lowest BCUT2D eigenvalue weighted by Crippen LogP contribution is -2.47. The number of carbonyl (C=O) groups is 2. The molecule has 1 heterocycles. The molecular weight excluding hydrogens is 480 g/mol. The van der Waals surface area contributed by atoms with Gasteiger partial charge in [0.05, 0.1) is 18.9 Å². The molecule has 0 aliphatic rings. The average molecular weight is 504 g/mol. The van der Waals surface area contributed by atoms with E-state index in [4.69, 9.17) is 4.74 Å². The number of benzene rings is 3. The Morgan fingerprint density at radius 2 is 1.49 bits per heavy atom. The van der Waals surface area contributed by atoms with Crippen LogP contribution >= 0.6 is 0 Å². The van der Waals surface area contributed by atoms with E-state index in [2.05, 4.69) is 15.6 Å². The molecule has 3 aromatic carbocycles. The van der Waals surface area contributed by atoms with Gasteiger partial charge in [0.15, 0.2) is 0 Å². The molecule has 9 heteroatoms. The zero-order valence-electron chi connectivity index (χ0n) is 19.7. The maximum Gasteiger partial charge on any atom is 0.405 e. The fourth-order valence-electron chi connectivity index (χ4n) is 4.20. The first-order chi connectivity index (χ1) is 17.9. The Hall–Kier alpha value is -4.79. The van der Waals surface area contributed by atoms with Crippen molar-refractivity contribution in [1.82, 2.24) is 10.3 Å². The molecule has 0 bridgehead atoms. The fraction of sp³-hybridized carbons (Fsp3) is 0.107. The van der Waals surface area contributed by atoms with Gasteiger partial charge >= 0.3 is 6.09 Å². The highest BCUT2D eigenvalue weighted by Gasteiger charge is 2.33. The summed E-state index contributed by atoms with van der Waals surface area (Å²) in [5, 5.41) is 14.3. The molecule has 1 aromatic heterocycles. The smallest absolute Gasteiger partial charge is 0.405 e. The number of hydrogen-bond acceptors (Lipinski definition) is 4. The molecule has 0 radical (unpaired) electrons. The Morgan fingerprint density at radius 1 is 0.919 bits per heavy atom. The van der Waals surface area contributed by atoms with Crippen LogP contribution in [0.4, 0.5) is 19.3 Å². The standard InChI is InChI=1S/C28H23F2N3O4/c1-37-23-16-31-13-12-20(23)25-21(29)14-19(15-22(25)30)32-27(34)26(33-28(35)36)24(17-8-4-2-5-9-17)18-10-6-3-7-11-18/h2-16,24,26,33H,1H3,(H,32,34)(H,35,36). The summed E-state index contributed by atoms with van der Waals surface area (Å²) < 4.78 is 35.3. The number of nitrogens with zero attached hydrogens (tertiary/aromatic N) is 1. The number of hydrogen-bond donors (Lipinski definition) is 3. The highest BCUT2D eigenvalue weighted by Crippen LogP contribution is 2.35. The molecule has 2 amide bonds. The van der Waals surface area contributed by atoms with E-state index < -0.39 is 35.6 Å². The molecule has 0 aliphatic carbocycles. The Morgan fingerprint density at radius 3 is 2.00 bits per heavy atom. The summed E-state index contributed by atoms with van der Waals surface area (Å²) in [5.74, 6) is -3.20. The van der Waals surface area contributed by atoms with Crippen LogP contribution in [0, 0.1) is 11.6 Å². The minimum Gasteiger partial charge on any atom is -0.494 e. The average Bonchev–Trinajstić information content (AvgIpc) is 2.89. The zero-order chi connectivity index (χ0) is 26.4. The van der Waals surface area contributed by atoms with E-state index in [1.54, 1.807) is 60.7 Å². The summed E-state index contributed by atoms with van der Waals surface area (Å²) in [4.78, 5) is 29.0. The second-order valence-electron chi connectivity index (χ2n) is 8.11. The lowest BCUT2D eigenvalue weighted by Gasteiger charge is -2.27. The Kier molecular flexibility index (Phi) is 7.73. The SMILES string of the molecule is COc1cnccc1-c1c(F)cc(NC(=O)C(NC(=O)O)C(c2ccccc2)c2ccccc2)cc1F. The van der Waals surface area contributed by atoms with E-state index in [1.165, 1.54) is 25.6 Å². The van der Waals surface area contributed by atoms with Crippen LogP contribution in [0.15, 0.2) is 91.3 Å². The number of nitrogens with one attached hydrogen (secondary N) is 2. The Balaban J connectivity index is 1.70. The van der Waals surface area contributed by atoms with Gasteiger partial charge in [0.25, 0.3) is 0 Å². The Labute approximate surface area is 211 Å². The van der Waals surface area contributed by atoms with Crippen LogP contribution in [0.2, 0.25) is 0 Å². The summed E-state index contributed by atoms with van der Waals surface area (Å²) in [6, 6.07) is 19.8. The molecule has 188 valence electrons. The van der Waals surface area contributed by atoms with E-state index in [9.17, 15) is 14.7 Å². The Bertz CT molecular complexity index is 1340. The van der Waals surface area contributed by atoms with Gasteiger partial charge in [0.1, 0.15) is 23.4 Å². The first kappa shape index (κ1) is 25.3. The van der Waals surface area contributed by atoms with Gasteiger partial charge in [-0.05, 0) is 29.3 Å². The second kappa shape index (κ2) is 11.3. The quantitative estimate of drug-likeness (QED) is 0.297. The van der Waals surface area contributed by atoms with Crippen LogP contribution in [0.1, 0.15) is 17.0 Å². The molecule has 1 atom stereocenters. The van der Waals surface area contributed by atoms with Gasteiger partial charge in [-0.2, -0.15) is 0 Å². The van der Waals surface area contributed by atoms with Crippen molar-refractivity contribution < 1.29 is 28.2 Å². The monoisotopic (exact) mass is 503 g/mol. The minimum atomic E-state index is -1.42. The number of anilines is 1. The van der Waals surface area contributed by atoms with E-state index >= 15 is 8.78 Å². The van der Waals surface area contributed by atoms with Crippen molar-refractivity contribution in [1.29, 1.82) is 0 Å². The fourth-order valence-corrected chi connectivity index (χ4v) is 4.20. The molecule has 0 fully saturated rings. The van der Waals surface area contributed by atoms with Crippen LogP contribution in [0.25, 0.3) is 11.1 Å². The summed E-state index contributed by atoms with van der Waals surface area (Å²) in [7, 11) is 1.36. The minimum absolute atomic E-state index is 0.156. The lowest BCUT2D eigenvalue weighted by molar-refractivity contribution is -0.118. The molecule has 0 saturated carbocycles. The lowest BCUT2D eigenvalue weighted by atomic mass is 9.84. The van der Waals surface area contributed by atoms with E-state index in [1.807, 2.05) is 0 Å². The highest BCUT2D eigenvalue weighted by atomic mass is 19.1. The molecule has 1 unspecified atom stereocenters. The van der Waals surface area contributed by atoms with Gasteiger partial charge in [-0.15, -0.1) is 0 Å². The summed E-state index contributed by atoms with van der Waals surface area (Å²) in [6.07, 6.45) is 1.29. The number of amides is 2. The van der Waals surface area contributed by atoms with Crippen molar-refractivity contribution in [2.45, 2.75) is 12.0 Å². The van der Waals surface area contributed by atoms with Gasteiger partial charge in [-0.25, -0.2) is 13.6 Å². The maximum absolute atomic E-state index is 15.1.